The molecule has 1 aromatic heterocycles. The number of amides is 1. The molecule has 1 aromatic carbocycles. The quantitative estimate of drug-likeness (QED) is 0.129. The van der Waals surface area contributed by atoms with Gasteiger partial charge >= 0.3 is 18.0 Å². The molecular weight excluding hydrogens is 735 g/mol. The second-order valence-corrected chi connectivity index (χ2v) is 18.2. The molecule has 3 aliphatic carbocycles. The van der Waals surface area contributed by atoms with Gasteiger partial charge in [0.25, 0.3) is 0 Å². The van der Waals surface area contributed by atoms with Crippen LogP contribution in [-0.2, 0) is 28.5 Å². The van der Waals surface area contributed by atoms with E-state index in [1.54, 1.807) is 49.6 Å². The number of hydrogen-bond acceptors (Lipinski definition) is 14. The van der Waals surface area contributed by atoms with Crippen LogP contribution in [0.4, 0.5) is 4.79 Å². The molecule has 2 bridgehead atoms. The molecule has 2 heterocycles. The van der Waals surface area contributed by atoms with E-state index in [9.17, 15) is 44.7 Å². The normalized spacial score (nSPS) is 35.1. The first-order valence-corrected chi connectivity index (χ1v) is 19.2. The molecule has 3 fully saturated rings. The molecule has 300 valence electrons. The number of esters is 2. The SMILES string of the molecule is CC1=C2[C@@H](O)C(=O)[C@@]3(C)[C@H]([C@H](OC(=O)c4ccccc4)[C@](O)(C[C@@H]1OC(=O)[C@H](O)[C@@H](NC(=O)OCC(C)(C)C)c1cccs1)C2(C)C)[C@]1(O)CO[C@@H]1C[C@@H]3O. The summed E-state index contributed by atoms with van der Waals surface area (Å²) in [5.41, 5.74) is -7.86. The molecule has 55 heavy (non-hydrogen) atoms. The van der Waals surface area contributed by atoms with Crippen LogP contribution in [0.3, 0.4) is 0 Å². The Hall–Kier alpha value is -3.70. The van der Waals surface area contributed by atoms with Crippen LogP contribution < -0.4 is 5.32 Å². The number of ether oxygens (including phenoxy) is 4. The van der Waals surface area contributed by atoms with Gasteiger partial charge in [-0.25, -0.2) is 14.4 Å². The number of aliphatic hydroxyl groups is 5. The van der Waals surface area contributed by atoms with E-state index in [0.29, 0.717) is 4.88 Å². The van der Waals surface area contributed by atoms with Crippen molar-refractivity contribution in [1.29, 1.82) is 0 Å². The van der Waals surface area contributed by atoms with Crippen molar-refractivity contribution in [2.75, 3.05) is 13.2 Å². The third-order valence-corrected chi connectivity index (χ3v) is 13.1. The summed E-state index contributed by atoms with van der Waals surface area (Å²) in [6.07, 6.45) is -11.2. The standard InChI is InChI=1S/C40H51NO13S/c1-20-22(53-34(47)29(44)27(23-14-11-15-55-23)41-35(48)52-18-36(2,3)4)17-40(50)32(54-33(46)21-12-9-8-10-13-21)30-38(7,24(42)16-25-39(30,49)19-51-25)31(45)28(43)26(20)37(40,5)6/h8-15,22,24-25,27-30,32,42-44,49-50H,16-19H2,1-7H3,(H,41,48)/t22-,24-,25+,27-,28+,29+,30-,32-,38+,39-,40+/m0/s1. The van der Waals surface area contributed by atoms with Crippen molar-refractivity contribution < 1.29 is 63.7 Å². The molecule has 14 nitrogen and oxygen atoms in total. The van der Waals surface area contributed by atoms with E-state index in [1.807, 2.05) is 20.8 Å². The minimum atomic E-state index is -2.30. The van der Waals surface area contributed by atoms with E-state index in [1.165, 1.54) is 37.3 Å². The summed E-state index contributed by atoms with van der Waals surface area (Å²) < 4.78 is 23.1. The van der Waals surface area contributed by atoms with Crippen LogP contribution in [0.5, 0.6) is 0 Å². The monoisotopic (exact) mass is 785 g/mol. The van der Waals surface area contributed by atoms with Gasteiger partial charge in [-0.1, -0.05) is 58.9 Å². The minimum absolute atomic E-state index is 0.0381. The van der Waals surface area contributed by atoms with Crippen LogP contribution in [0.1, 0.15) is 82.6 Å². The smallest absolute Gasteiger partial charge is 0.407 e. The number of Topliss-reactive ketones (excluding diaryl/α,β-unsaturated/α-hetero) is 1. The lowest BCUT2D eigenvalue weighted by Gasteiger charge is -2.66. The largest absolute Gasteiger partial charge is 0.456 e. The van der Waals surface area contributed by atoms with E-state index in [0.717, 1.165) is 0 Å². The van der Waals surface area contributed by atoms with Gasteiger partial charge < -0.3 is 49.8 Å². The fraction of sp³-hybridized carbons (Fsp3) is 0.600. The van der Waals surface area contributed by atoms with Gasteiger partial charge in [-0.15, -0.1) is 11.3 Å². The maximum Gasteiger partial charge on any atom is 0.407 e. The highest BCUT2D eigenvalue weighted by Gasteiger charge is 2.76. The Kier molecular flexibility index (Phi) is 10.7. The van der Waals surface area contributed by atoms with Crippen molar-refractivity contribution in [2.24, 2.45) is 22.2 Å². The van der Waals surface area contributed by atoms with E-state index >= 15 is 0 Å². The van der Waals surface area contributed by atoms with Gasteiger partial charge in [0.15, 0.2) is 11.9 Å². The first-order valence-electron chi connectivity index (χ1n) is 18.4. The van der Waals surface area contributed by atoms with Crippen molar-refractivity contribution >= 4 is 35.2 Å². The minimum Gasteiger partial charge on any atom is -0.456 e. The van der Waals surface area contributed by atoms with Gasteiger partial charge in [0.05, 0.1) is 36.4 Å². The Morgan fingerprint density at radius 2 is 1.71 bits per heavy atom. The number of hydrogen-bond donors (Lipinski definition) is 6. The molecule has 11 atom stereocenters. The number of carbonyl (C=O) groups excluding carboxylic acids is 4. The van der Waals surface area contributed by atoms with Crippen LogP contribution >= 0.6 is 11.3 Å². The number of ketones is 1. The first-order chi connectivity index (χ1) is 25.6. The molecule has 1 amide bonds. The Labute approximate surface area is 323 Å². The lowest BCUT2D eigenvalue weighted by atomic mass is 9.44. The van der Waals surface area contributed by atoms with E-state index in [2.05, 4.69) is 5.32 Å². The second-order valence-electron chi connectivity index (χ2n) is 17.3. The molecule has 0 unspecified atom stereocenters. The van der Waals surface area contributed by atoms with Crippen LogP contribution in [0.15, 0.2) is 59.0 Å². The lowest BCUT2D eigenvalue weighted by Crippen LogP contribution is -2.81. The average Bonchev–Trinajstić information content (AvgIpc) is 3.66. The third kappa shape index (κ3) is 6.81. The van der Waals surface area contributed by atoms with Crippen molar-refractivity contribution in [3.05, 3.63) is 69.4 Å². The van der Waals surface area contributed by atoms with Crippen LogP contribution in [0, 0.1) is 22.2 Å². The Morgan fingerprint density at radius 3 is 2.29 bits per heavy atom. The summed E-state index contributed by atoms with van der Waals surface area (Å²) >= 11 is 1.17. The Bertz CT molecular complexity index is 1840. The molecule has 2 saturated carbocycles. The van der Waals surface area contributed by atoms with Crippen molar-refractivity contribution in [3.63, 3.8) is 0 Å². The zero-order chi connectivity index (χ0) is 40.5. The molecule has 6 rings (SSSR count). The van der Waals surface area contributed by atoms with Crippen molar-refractivity contribution in [2.45, 2.75) is 115 Å². The summed E-state index contributed by atoms with van der Waals surface area (Å²) in [4.78, 5) is 55.8. The molecular formula is C40H51NO13S. The number of aliphatic hydroxyl groups excluding tert-OH is 3. The molecule has 0 spiro atoms. The number of fused-ring (bicyclic) bond motifs is 5. The zero-order valence-corrected chi connectivity index (χ0v) is 32.8. The second kappa shape index (κ2) is 14.4. The molecule has 0 radical (unpaired) electrons. The number of rotatable bonds is 8. The summed E-state index contributed by atoms with van der Waals surface area (Å²) in [7, 11) is 0. The molecule has 15 heteroatoms. The maximum absolute atomic E-state index is 14.7. The number of nitrogens with one attached hydrogen (secondary N) is 1. The molecule has 1 saturated heterocycles. The predicted molar refractivity (Wildman–Crippen MR) is 197 cm³/mol. The van der Waals surface area contributed by atoms with Gasteiger partial charge in [-0.3, -0.25) is 4.79 Å². The zero-order valence-electron chi connectivity index (χ0n) is 32.0. The van der Waals surface area contributed by atoms with Crippen molar-refractivity contribution in [3.8, 4) is 0 Å². The van der Waals surface area contributed by atoms with E-state index in [-0.39, 0.29) is 41.8 Å². The summed E-state index contributed by atoms with van der Waals surface area (Å²) in [5.74, 6) is -4.52. The van der Waals surface area contributed by atoms with Crippen LogP contribution in [0.2, 0.25) is 0 Å². The first kappa shape index (κ1) is 40.9. The van der Waals surface area contributed by atoms with Gasteiger partial charge in [-0.2, -0.15) is 0 Å². The predicted octanol–water partition coefficient (Wildman–Crippen LogP) is 3.00. The highest BCUT2D eigenvalue weighted by atomic mass is 32.1. The van der Waals surface area contributed by atoms with E-state index in [4.69, 9.17) is 18.9 Å². The number of thiophene rings is 1. The van der Waals surface area contributed by atoms with Gasteiger partial charge in [0.1, 0.15) is 35.6 Å². The van der Waals surface area contributed by atoms with Crippen LogP contribution in [-0.4, -0.2) is 110 Å². The molecule has 6 N–H and O–H groups in total. The fourth-order valence-corrected chi connectivity index (χ4v) is 9.75. The highest BCUT2D eigenvalue weighted by Crippen LogP contribution is 2.63. The number of benzene rings is 1. The highest BCUT2D eigenvalue weighted by molar-refractivity contribution is 7.10. The molecule has 4 aliphatic rings. The van der Waals surface area contributed by atoms with Gasteiger partial charge in [0, 0.05) is 29.1 Å². The van der Waals surface area contributed by atoms with Crippen LogP contribution in [0.25, 0.3) is 0 Å². The van der Waals surface area contributed by atoms with Gasteiger partial charge in [-0.05, 0) is 54.0 Å². The van der Waals surface area contributed by atoms with E-state index < -0.39 is 101 Å². The summed E-state index contributed by atoms with van der Waals surface area (Å²) in [5, 5.41) is 64.8. The molecule has 1 aliphatic heterocycles. The Morgan fingerprint density at radius 1 is 1.04 bits per heavy atom. The summed E-state index contributed by atoms with van der Waals surface area (Å²) in [6, 6.07) is 9.88. The fourth-order valence-electron chi connectivity index (χ4n) is 8.95. The van der Waals surface area contributed by atoms with Gasteiger partial charge in [0.2, 0.25) is 0 Å². The maximum atomic E-state index is 14.7. The topological polar surface area (TPSA) is 218 Å². The third-order valence-electron chi connectivity index (χ3n) is 12.2. The number of carbonyl (C=O) groups is 4. The van der Waals surface area contributed by atoms with Crippen molar-refractivity contribution in [1.82, 2.24) is 5.32 Å². The lowest BCUT2D eigenvalue weighted by molar-refractivity contribution is -0.343. The Balaban J connectivity index is 1.42. The summed E-state index contributed by atoms with van der Waals surface area (Å²) in [6.45, 7) is 11.4. The number of alkyl carbamates (subject to hydrolysis) is 1. The molecule has 2 aromatic rings. The average molecular weight is 786 g/mol.